The van der Waals surface area contributed by atoms with Crippen LogP contribution in [0.2, 0.25) is 0 Å². The molecule has 5 heteroatoms. The van der Waals surface area contributed by atoms with E-state index in [4.69, 9.17) is 0 Å². The molecule has 0 aromatic heterocycles. The summed E-state index contributed by atoms with van der Waals surface area (Å²) >= 11 is 0. The maximum Gasteiger partial charge on any atom is 0.220 e. The lowest BCUT2D eigenvalue weighted by Crippen LogP contribution is -2.31. The molecule has 2 unspecified atom stereocenters. The van der Waals surface area contributed by atoms with E-state index in [2.05, 4.69) is 29.6 Å². The maximum absolute atomic E-state index is 12.1. The lowest BCUT2D eigenvalue weighted by atomic mass is 9.83. The third-order valence-corrected chi connectivity index (χ3v) is 6.68. The van der Waals surface area contributed by atoms with Gasteiger partial charge in [0.2, 0.25) is 5.91 Å². The highest BCUT2D eigenvalue weighted by molar-refractivity contribution is 7.91. The van der Waals surface area contributed by atoms with Crippen molar-refractivity contribution in [2.45, 2.75) is 38.0 Å². The summed E-state index contributed by atoms with van der Waals surface area (Å²) in [6, 6.07) is 8.46. The number of amides is 1. The minimum absolute atomic E-state index is 0.00337. The number of aryl methyl sites for hydroxylation is 1. The average Bonchev–Trinajstić information content (AvgIpc) is 2.84. The zero-order valence-corrected chi connectivity index (χ0v) is 13.6. The molecule has 22 heavy (non-hydrogen) atoms. The van der Waals surface area contributed by atoms with Crippen molar-refractivity contribution in [3.05, 3.63) is 35.4 Å². The van der Waals surface area contributed by atoms with Crippen molar-refractivity contribution in [2.75, 3.05) is 18.1 Å². The zero-order chi connectivity index (χ0) is 15.6. The largest absolute Gasteiger partial charge is 0.355 e. The van der Waals surface area contributed by atoms with Gasteiger partial charge in [0, 0.05) is 18.9 Å². The molecular weight excluding hydrogens is 298 g/mol. The van der Waals surface area contributed by atoms with Crippen molar-refractivity contribution >= 4 is 15.7 Å². The molecule has 1 N–H and O–H groups in total. The van der Waals surface area contributed by atoms with Crippen LogP contribution in [0.4, 0.5) is 0 Å². The fourth-order valence-electron chi connectivity index (χ4n) is 3.67. The molecule has 1 aliphatic carbocycles. The highest BCUT2D eigenvalue weighted by Gasteiger charge is 2.29. The summed E-state index contributed by atoms with van der Waals surface area (Å²) in [4.78, 5) is 12.1. The fraction of sp³-hybridized carbons (Fsp3) is 0.588. The Bertz CT molecular complexity index is 654. The molecule has 1 aromatic carbocycles. The Kier molecular flexibility index (Phi) is 4.52. The van der Waals surface area contributed by atoms with Gasteiger partial charge in [-0.15, -0.1) is 0 Å². The number of nitrogens with one attached hydrogen (secondary N) is 1. The zero-order valence-electron chi connectivity index (χ0n) is 12.8. The number of fused-ring (bicyclic) bond motifs is 1. The topological polar surface area (TPSA) is 63.2 Å². The Morgan fingerprint density at radius 1 is 1.23 bits per heavy atom. The van der Waals surface area contributed by atoms with Crippen LogP contribution in [-0.2, 0) is 21.1 Å². The molecule has 0 saturated carbocycles. The van der Waals surface area contributed by atoms with Gasteiger partial charge in [-0.2, -0.15) is 0 Å². The van der Waals surface area contributed by atoms with Gasteiger partial charge in [0.1, 0.15) is 0 Å². The monoisotopic (exact) mass is 321 g/mol. The van der Waals surface area contributed by atoms with Gasteiger partial charge >= 0.3 is 0 Å². The first-order valence-electron chi connectivity index (χ1n) is 8.08. The van der Waals surface area contributed by atoms with E-state index in [-0.39, 0.29) is 23.3 Å². The highest BCUT2D eigenvalue weighted by atomic mass is 32.2. The molecule has 1 fully saturated rings. The molecule has 2 atom stereocenters. The smallest absolute Gasteiger partial charge is 0.220 e. The molecule has 0 radical (unpaired) electrons. The van der Waals surface area contributed by atoms with Crippen molar-refractivity contribution in [1.29, 1.82) is 0 Å². The van der Waals surface area contributed by atoms with Crippen LogP contribution in [0, 0.1) is 5.92 Å². The van der Waals surface area contributed by atoms with Crippen molar-refractivity contribution in [3.63, 3.8) is 0 Å². The number of carbonyl (C=O) groups excluding carboxylic acids is 1. The van der Waals surface area contributed by atoms with E-state index in [9.17, 15) is 13.2 Å². The summed E-state index contributed by atoms with van der Waals surface area (Å²) in [5.41, 5.74) is 2.76. The summed E-state index contributed by atoms with van der Waals surface area (Å²) in [6.45, 7) is 0.662. The predicted octanol–water partition coefficient (Wildman–Crippen LogP) is 2.05. The standard InChI is InChI=1S/C17H23NO3S/c19-17(10-13-8-9-22(20,21)12-13)18-11-15-6-3-5-14-4-1-2-7-16(14)15/h1-2,4,7,13,15H,3,5-6,8-12H2,(H,18,19). The molecule has 1 saturated heterocycles. The summed E-state index contributed by atoms with van der Waals surface area (Å²) in [5, 5.41) is 3.01. The molecule has 0 bridgehead atoms. The summed E-state index contributed by atoms with van der Waals surface area (Å²) in [7, 11) is -2.90. The Hall–Kier alpha value is -1.36. The van der Waals surface area contributed by atoms with Crippen molar-refractivity contribution < 1.29 is 13.2 Å². The molecule has 1 heterocycles. The minimum Gasteiger partial charge on any atom is -0.355 e. The van der Waals surface area contributed by atoms with Crippen LogP contribution in [0.15, 0.2) is 24.3 Å². The van der Waals surface area contributed by atoms with Crippen molar-refractivity contribution in [2.24, 2.45) is 5.92 Å². The third-order valence-electron chi connectivity index (χ3n) is 4.84. The Morgan fingerprint density at radius 3 is 2.82 bits per heavy atom. The van der Waals surface area contributed by atoms with E-state index in [1.807, 2.05) is 0 Å². The Morgan fingerprint density at radius 2 is 2.05 bits per heavy atom. The number of carbonyl (C=O) groups is 1. The van der Waals surface area contributed by atoms with E-state index in [0.717, 1.165) is 12.8 Å². The summed E-state index contributed by atoms with van der Waals surface area (Å²) < 4.78 is 22.9. The van der Waals surface area contributed by atoms with E-state index >= 15 is 0 Å². The summed E-state index contributed by atoms with van der Waals surface area (Å²) in [6.07, 6.45) is 4.36. The third kappa shape index (κ3) is 3.69. The number of sulfone groups is 1. The Balaban J connectivity index is 1.52. The normalized spacial score (nSPS) is 26.4. The van der Waals surface area contributed by atoms with Gasteiger partial charge < -0.3 is 5.32 Å². The molecule has 1 aliphatic heterocycles. The van der Waals surface area contributed by atoms with Crippen LogP contribution in [0.1, 0.15) is 42.7 Å². The van der Waals surface area contributed by atoms with Crippen molar-refractivity contribution in [3.8, 4) is 0 Å². The molecule has 1 aromatic rings. The number of rotatable bonds is 4. The van der Waals surface area contributed by atoms with Gasteiger partial charge in [0.05, 0.1) is 11.5 Å². The van der Waals surface area contributed by atoms with Crippen LogP contribution in [0.25, 0.3) is 0 Å². The van der Waals surface area contributed by atoms with E-state index in [1.165, 1.54) is 17.5 Å². The predicted molar refractivity (Wildman–Crippen MR) is 86.5 cm³/mol. The second-order valence-electron chi connectivity index (χ2n) is 6.57. The second kappa shape index (κ2) is 6.41. The first-order chi connectivity index (χ1) is 10.5. The van der Waals surface area contributed by atoms with Gasteiger partial charge in [0.25, 0.3) is 0 Å². The summed E-state index contributed by atoms with van der Waals surface area (Å²) in [5.74, 6) is 0.795. The first kappa shape index (κ1) is 15.5. The lowest BCUT2D eigenvalue weighted by Gasteiger charge is -2.25. The average molecular weight is 321 g/mol. The quantitative estimate of drug-likeness (QED) is 0.923. The van der Waals surface area contributed by atoms with Gasteiger partial charge in [-0.05, 0) is 42.7 Å². The number of benzene rings is 1. The molecule has 120 valence electrons. The molecule has 1 amide bonds. The van der Waals surface area contributed by atoms with Gasteiger partial charge in [-0.3, -0.25) is 4.79 Å². The molecule has 3 rings (SSSR count). The van der Waals surface area contributed by atoms with Crippen LogP contribution < -0.4 is 5.32 Å². The van der Waals surface area contributed by atoms with E-state index in [1.54, 1.807) is 0 Å². The van der Waals surface area contributed by atoms with Crippen LogP contribution in [0.3, 0.4) is 0 Å². The van der Waals surface area contributed by atoms with Gasteiger partial charge in [-0.25, -0.2) is 8.42 Å². The highest BCUT2D eigenvalue weighted by Crippen LogP contribution is 2.31. The SMILES string of the molecule is O=C(CC1CCS(=O)(=O)C1)NCC1CCCc2ccccc21. The van der Waals surface area contributed by atoms with E-state index in [0.29, 0.717) is 25.3 Å². The van der Waals surface area contributed by atoms with Crippen molar-refractivity contribution in [1.82, 2.24) is 5.32 Å². The molecule has 2 aliphatic rings. The first-order valence-corrected chi connectivity index (χ1v) is 9.90. The van der Waals surface area contributed by atoms with Crippen LogP contribution >= 0.6 is 0 Å². The minimum atomic E-state index is -2.90. The second-order valence-corrected chi connectivity index (χ2v) is 8.79. The number of hydrogen-bond acceptors (Lipinski definition) is 3. The Labute approximate surface area is 132 Å². The van der Waals surface area contributed by atoms with Crippen LogP contribution in [-0.4, -0.2) is 32.4 Å². The fourth-order valence-corrected chi connectivity index (χ4v) is 5.53. The van der Waals surface area contributed by atoms with Gasteiger partial charge in [-0.1, -0.05) is 24.3 Å². The lowest BCUT2D eigenvalue weighted by molar-refractivity contribution is -0.121. The maximum atomic E-state index is 12.1. The van der Waals surface area contributed by atoms with E-state index < -0.39 is 9.84 Å². The molecule has 4 nitrogen and oxygen atoms in total. The van der Waals surface area contributed by atoms with Crippen LogP contribution in [0.5, 0.6) is 0 Å². The van der Waals surface area contributed by atoms with Gasteiger partial charge in [0.15, 0.2) is 9.84 Å². The number of hydrogen-bond donors (Lipinski definition) is 1. The molecular formula is C17H23NO3S. The molecule has 0 spiro atoms.